The second-order valence-electron chi connectivity index (χ2n) is 2.22. The van der Waals surface area contributed by atoms with Gasteiger partial charge in [-0.3, -0.25) is 0 Å². The van der Waals surface area contributed by atoms with E-state index in [0.717, 1.165) is 0 Å². The molecule has 0 unspecified atom stereocenters. The number of alkyl halides is 1. The maximum absolute atomic E-state index is 12.3. The van der Waals surface area contributed by atoms with E-state index in [2.05, 4.69) is 0 Å². The van der Waals surface area contributed by atoms with E-state index in [1.54, 1.807) is 0 Å². The second-order valence-corrected chi connectivity index (χ2v) is 2.22. The van der Waals surface area contributed by atoms with Crippen LogP contribution >= 0.6 is 0 Å². The summed E-state index contributed by atoms with van der Waals surface area (Å²) in [6.45, 7) is -0.842. The number of hydrogen-bond donors (Lipinski definition) is 1. The second kappa shape index (κ2) is 3.44. The SMILES string of the molecule is O[C@@H](CF)c1ccc(F)cc1. The Kier molecular flexibility index (Phi) is 2.54. The average molecular weight is 158 g/mol. The number of hydrogen-bond acceptors (Lipinski definition) is 1. The highest BCUT2D eigenvalue weighted by Crippen LogP contribution is 2.12. The molecule has 1 atom stereocenters. The monoisotopic (exact) mass is 158 g/mol. The molecule has 0 aliphatic rings. The van der Waals surface area contributed by atoms with Crippen LogP contribution in [-0.4, -0.2) is 11.8 Å². The highest BCUT2D eigenvalue weighted by molar-refractivity contribution is 5.18. The summed E-state index contributed by atoms with van der Waals surface area (Å²) in [6, 6.07) is 5.10. The smallest absolute Gasteiger partial charge is 0.123 e. The normalized spacial score (nSPS) is 13.0. The van der Waals surface area contributed by atoms with Crippen LogP contribution in [0, 0.1) is 5.82 Å². The van der Waals surface area contributed by atoms with Gasteiger partial charge < -0.3 is 5.11 Å². The highest BCUT2D eigenvalue weighted by Gasteiger charge is 2.05. The van der Waals surface area contributed by atoms with Gasteiger partial charge in [-0.2, -0.15) is 0 Å². The van der Waals surface area contributed by atoms with Crippen molar-refractivity contribution in [1.82, 2.24) is 0 Å². The zero-order valence-electron chi connectivity index (χ0n) is 5.80. The van der Waals surface area contributed by atoms with Crippen LogP contribution in [0.15, 0.2) is 24.3 Å². The van der Waals surface area contributed by atoms with Crippen LogP contribution in [0.25, 0.3) is 0 Å². The van der Waals surface area contributed by atoms with Crippen molar-refractivity contribution in [2.75, 3.05) is 6.67 Å². The molecule has 0 heterocycles. The first-order valence-corrected chi connectivity index (χ1v) is 3.23. The third kappa shape index (κ3) is 1.98. The van der Waals surface area contributed by atoms with Crippen LogP contribution < -0.4 is 0 Å². The van der Waals surface area contributed by atoms with Gasteiger partial charge in [-0.1, -0.05) is 12.1 Å². The number of aliphatic hydroxyl groups excluding tert-OH is 1. The van der Waals surface area contributed by atoms with E-state index in [1.807, 2.05) is 0 Å². The van der Waals surface area contributed by atoms with Crippen LogP contribution in [0.5, 0.6) is 0 Å². The minimum Gasteiger partial charge on any atom is -0.386 e. The summed E-state index contributed by atoms with van der Waals surface area (Å²) >= 11 is 0. The van der Waals surface area contributed by atoms with Crippen LogP contribution in [0.4, 0.5) is 8.78 Å². The minimum atomic E-state index is -1.13. The number of benzene rings is 1. The van der Waals surface area contributed by atoms with E-state index >= 15 is 0 Å². The molecule has 0 fully saturated rings. The first-order valence-electron chi connectivity index (χ1n) is 3.23. The Labute approximate surface area is 63.3 Å². The Hall–Kier alpha value is -0.960. The van der Waals surface area contributed by atoms with Crippen molar-refractivity contribution in [3.63, 3.8) is 0 Å². The number of aliphatic hydroxyl groups is 1. The molecule has 0 saturated carbocycles. The zero-order chi connectivity index (χ0) is 8.27. The molecule has 0 aliphatic carbocycles. The van der Waals surface area contributed by atoms with E-state index in [0.29, 0.717) is 5.56 Å². The molecule has 1 rings (SSSR count). The fourth-order valence-electron chi connectivity index (χ4n) is 0.774. The van der Waals surface area contributed by atoms with Gasteiger partial charge in [-0.25, -0.2) is 8.78 Å². The summed E-state index contributed by atoms with van der Waals surface area (Å²) in [6.07, 6.45) is -1.13. The van der Waals surface area contributed by atoms with Gasteiger partial charge >= 0.3 is 0 Å². The summed E-state index contributed by atoms with van der Waals surface area (Å²) in [7, 11) is 0. The largest absolute Gasteiger partial charge is 0.386 e. The number of halogens is 2. The Balaban J connectivity index is 2.81. The quantitative estimate of drug-likeness (QED) is 0.696. The Morgan fingerprint density at radius 2 is 1.82 bits per heavy atom. The Morgan fingerprint density at radius 1 is 1.27 bits per heavy atom. The van der Waals surface area contributed by atoms with Gasteiger partial charge in [0.05, 0.1) is 0 Å². The molecule has 0 aromatic heterocycles. The zero-order valence-corrected chi connectivity index (χ0v) is 5.80. The van der Waals surface area contributed by atoms with Crippen molar-refractivity contribution < 1.29 is 13.9 Å². The third-order valence-corrected chi connectivity index (χ3v) is 1.40. The highest BCUT2D eigenvalue weighted by atomic mass is 19.1. The summed E-state index contributed by atoms with van der Waals surface area (Å²) in [5, 5.41) is 8.92. The summed E-state index contributed by atoms with van der Waals surface area (Å²) in [5.74, 6) is -0.389. The van der Waals surface area contributed by atoms with Crippen molar-refractivity contribution in [1.29, 1.82) is 0 Å². The molecular weight excluding hydrogens is 150 g/mol. The van der Waals surface area contributed by atoms with Gasteiger partial charge in [0.15, 0.2) is 0 Å². The van der Waals surface area contributed by atoms with Crippen molar-refractivity contribution in [3.8, 4) is 0 Å². The molecule has 11 heavy (non-hydrogen) atoms. The van der Waals surface area contributed by atoms with Gasteiger partial charge in [0.1, 0.15) is 18.6 Å². The predicted octanol–water partition coefficient (Wildman–Crippen LogP) is 1.83. The molecule has 0 bridgehead atoms. The maximum atomic E-state index is 12.3. The maximum Gasteiger partial charge on any atom is 0.123 e. The fourth-order valence-corrected chi connectivity index (χ4v) is 0.774. The molecule has 0 radical (unpaired) electrons. The molecule has 0 spiro atoms. The molecule has 1 N–H and O–H groups in total. The van der Waals surface area contributed by atoms with E-state index in [1.165, 1.54) is 24.3 Å². The van der Waals surface area contributed by atoms with Crippen molar-refractivity contribution in [2.45, 2.75) is 6.10 Å². The average Bonchev–Trinajstić information content (AvgIpc) is 2.05. The molecule has 1 aromatic carbocycles. The lowest BCUT2D eigenvalue weighted by Gasteiger charge is -2.04. The minimum absolute atomic E-state index is 0.389. The molecule has 0 saturated heterocycles. The standard InChI is InChI=1S/C8H8F2O/c9-5-8(11)6-1-3-7(10)4-2-6/h1-4,8,11H,5H2/t8-/m0/s1. The van der Waals surface area contributed by atoms with Gasteiger partial charge in [-0.05, 0) is 17.7 Å². The van der Waals surface area contributed by atoms with E-state index in [9.17, 15) is 8.78 Å². The summed E-state index contributed by atoms with van der Waals surface area (Å²) in [4.78, 5) is 0. The van der Waals surface area contributed by atoms with E-state index in [4.69, 9.17) is 5.11 Å². The molecular formula is C8H8F2O. The predicted molar refractivity (Wildman–Crippen MR) is 37.3 cm³/mol. The third-order valence-electron chi connectivity index (χ3n) is 1.40. The Morgan fingerprint density at radius 3 is 2.27 bits per heavy atom. The molecule has 1 aromatic rings. The summed E-state index contributed by atoms with van der Waals surface area (Å²) < 4.78 is 24.1. The van der Waals surface area contributed by atoms with Crippen LogP contribution in [-0.2, 0) is 0 Å². The lowest BCUT2D eigenvalue weighted by Crippen LogP contribution is -1.98. The lowest BCUT2D eigenvalue weighted by molar-refractivity contribution is 0.141. The van der Waals surface area contributed by atoms with Gasteiger partial charge in [0.25, 0.3) is 0 Å². The van der Waals surface area contributed by atoms with Gasteiger partial charge in [-0.15, -0.1) is 0 Å². The van der Waals surface area contributed by atoms with Crippen LogP contribution in [0.3, 0.4) is 0 Å². The first-order chi connectivity index (χ1) is 5.24. The molecule has 0 aliphatic heterocycles. The van der Waals surface area contributed by atoms with Crippen molar-refractivity contribution in [2.24, 2.45) is 0 Å². The fraction of sp³-hybridized carbons (Fsp3) is 0.250. The van der Waals surface area contributed by atoms with Crippen molar-refractivity contribution in [3.05, 3.63) is 35.6 Å². The van der Waals surface area contributed by atoms with Gasteiger partial charge in [0, 0.05) is 0 Å². The van der Waals surface area contributed by atoms with Crippen LogP contribution in [0.1, 0.15) is 11.7 Å². The molecule has 0 amide bonds. The Bertz CT molecular complexity index is 220. The van der Waals surface area contributed by atoms with E-state index in [-0.39, 0.29) is 5.82 Å². The van der Waals surface area contributed by atoms with Gasteiger partial charge in [0.2, 0.25) is 0 Å². The van der Waals surface area contributed by atoms with Crippen LogP contribution in [0.2, 0.25) is 0 Å². The number of rotatable bonds is 2. The van der Waals surface area contributed by atoms with E-state index < -0.39 is 12.8 Å². The lowest BCUT2D eigenvalue weighted by atomic mass is 10.1. The first kappa shape index (κ1) is 8.14. The van der Waals surface area contributed by atoms with Crippen molar-refractivity contribution >= 4 is 0 Å². The summed E-state index contributed by atoms with van der Waals surface area (Å²) in [5.41, 5.74) is 0.397. The molecule has 3 heteroatoms. The molecule has 60 valence electrons. The molecule has 1 nitrogen and oxygen atoms in total. The topological polar surface area (TPSA) is 20.2 Å².